The standard InChI is InChI=1S/C18H16ClNO2/c19-10-3-11-22-14-8-6-13(7-9-14)17-12-18(21)15-4-1-2-5-16(15)20-17/h1-2,4-9,12H,3,10-11H2,(H,20,21). The van der Waals surface area contributed by atoms with Crippen molar-refractivity contribution in [3.05, 3.63) is 64.8 Å². The van der Waals surface area contributed by atoms with Crippen LogP contribution in [0.1, 0.15) is 6.42 Å². The maximum absolute atomic E-state index is 12.2. The summed E-state index contributed by atoms with van der Waals surface area (Å²) >= 11 is 5.62. The number of pyridine rings is 1. The van der Waals surface area contributed by atoms with E-state index in [-0.39, 0.29) is 5.43 Å². The summed E-state index contributed by atoms with van der Waals surface area (Å²) in [4.78, 5) is 15.5. The molecular weight excluding hydrogens is 298 g/mol. The van der Waals surface area contributed by atoms with E-state index in [1.54, 1.807) is 6.07 Å². The fourth-order valence-corrected chi connectivity index (χ4v) is 2.44. The van der Waals surface area contributed by atoms with Crippen molar-refractivity contribution < 1.29 is 4.74 Å². The molecule has 3 nitrogen and oxygen atoms in total. The SMILES string of the molecule is O=c1cc(-c2ccc(OCCCCl)cc2)[nH]c2ccccc12. The Morgan fingerprint density at radius 1 is 1.05 bits per heavy atom. The van der Waals surface area contributed by atoms with E-state index in [2.05, 4.69) is 4.98 Å². The molecule has 0 unspecified atom stereocenters. The van der Waals surface area contributed by atoms with Gasteiger partial charge in [-0.3, -0.25) is 4.79 Å². The maximum atomic E-state index is 12.2. The minimum Gasteiger partial charge on any atom is -0.494 e. The molecule has 0 aliphatic carbocycles. The van der Waals surface area contributed by atoms with E-state index in [9.17, 15) is 4.79 Å². The zero-order chi connectivity index (χ0) is 15.4. The van der Waals surface area contributed by atoms with Crippen LogP contribution in [0, 0.1) is 0 Å². The van der Waals surface area contributed by atoms with Gasteiger partial charge in [0.2, 0.25) is 0 Å². The van der Waals surface area contributed by atoms with E-state index in [0.717, 1.165) is 28.9 Å². The van der Waals surface area contributed by atoms with Crippen molar-refractivity contribution in [2.75, 3.05) is 12.5 Å². The second-order valence-electron chi connectivity index (χ2n) is 5.01. The first kappa shape index (κ1) is 14.7. The average molecular weight is 314 g/mol. The minimum atomic E-state index is 0.0202. The second kappa shape index (κ2) is 6.67. The average Bonchev–Trinajstić information content (AvgIpc) is 2.56. The number of H-pyrrole nitrogens is 1. The molecule has 22 heavy (non-hydrogen) atoms. The van der Waals surface area contributed by atoms with Crippen LogP contribution in [0.25, 0.3) is 22.2 Å². The highest BCUT2D eigenvalue weighted by atomic mass is 35.5. The number of aromatic amines is 1. The van der Waals surface area contributed by atoms with E-state index >= 15 is 0 Å². The Bertz CT molecular complexity index is 824. The molecule has 3 rings (SSSR count). The molecule has 0 amide bonds. The van der Waals surface area contributed by atoms with Gasteiger partial charge in [0.25, 0.3) is 0 Å². The lowest BCUT2D eigenvalue weighted by molar-refractivity contribution is 0.318. The normalized spacial score (nSPS) is 10.8. The Morgan fingerprint density at radius 2 is 1.82 bits per heavy atom. The van der Waals surface area contributed by atoms with Gasteiger partial charge in [0.05, 0.1) is 6.61 Å². The van der Waals surface area contributed by atoms with Crippen LogP contribution in [0.15, 0.2) is 59.4 Å². The van der Waals surface area contributed by atoms with Crippen molar-refractivity contribution in [3.63, 3.8) is 0 Å². The van der Waals surface area contributed by atoms with Crippen LogP contribution < -0.4 is 10.2 Å². The third-order valence-electron chi connectivity index (χ3n) is 3.45. The van der Waals surface area contributed by atoms with Crippen molar-refractivity contribution in [2.24, 2.45) is 0 Å². The minimum absolute atomic E-state index is 0.0202. The number of nitrogens with one attached hydrogen (secondary N) is 1. The first-order valence-electron chi connectivity index (χ1n) is 7.19. The Balaban J connectivity index is 1.89. The van der Waals surface area contributed by atoms with Crippen LogP contribution in [0.4, 0.5) is 0 Å². The third-order valence-corrected chi connectivity index (χ3v) is 3.72. The Labute approximate surface area is 133 Å². The highest BCUT2D eigenvalue weighted by Gasteiger charge is 2.04. The van der Waals surface area contributed by atoms with Gasteiger partial charge in [0.1, 0.15) is 5.75 Å². The van der Waals surface area contributed by atoms with Crippen LogP contribution in [0.3, 0.4) is 0 Å². The van der Waals surface area contributed by atoms with Crippen LogP contribution in [0.2, 0.25) is 0 Å². The quantitative estimate of drug-likeness (QED) is 0.566. The van der Waals surface area contributed by atoms with Crippen LogP contribution in [-0.4, -0.2) is 17.5 Å². The number of halogens is 1. The third kappa shape index (κ3) is 3.15. The molecule has 0 aliphatic heterocycles. The van der Waals surface area contributed by atoms with Gasteiger partial charge in [-0.1, -0.05) is 12.1 Å². The van der Waals surface area contributed by atoms with Crippen LogP contribution in [-0.2, 0) is 0 Å². The number of ether oxygens (including phenoxy) is 1. The van der Waals surface area contributed by atoms with Gasteiger partial charge < -0.3 is 9.72 Å². The molecule has 0 saturated carbocycles. The van der Waals surface area contributed by atoms with E-state index < -0.39 is 0 Å². The molecule has 0 atom stereocenters. The smallest absolute Gasteiger partial charge is 0.190 e. The van der Waals surface area contributed by atoms with Crippen molar-refractivity contribution >= 4 is 22.5 Å². The summed E-state index contributed by atoms with van der Waals surface area (Å²) < 4.78 is 5.57. The summed E-state index contributed by atoms with van der Waals surface area (Å²) in [5, 5.41) is 0.701. The summed E-state index contributed by atoms with van der Waals surface area (Å²) in [5.74, 6) is 1.40. The lowest BCUT2D eigenvalue weighted by atomic mass is 10.1. The zero-order valence-corrected chi connectivity index (χ0v) is 12.8. The Kier molecular flexibility index (Phi) is 4.45. The highest BCUT2D eigenvalue weighted by molar-refractivity contribution is 6.17. The van der Waals surface area contributed by atoms with Gasteiger partial charge in [-0.05, 0) is 48.4 Å². The first-order valence-corrected chi connectivity index (χ1v) is 7.72. The molecule has 1 N–H and O–H groups in total. The monoisotopic (exact) mass is 313 g/mol. The summed E-state index contributed by atoms with van der Waals surface area (Å²) in [6.07, 6.45) is 0.821. The first-order chi connectivity index (χ1) is 10.8. The number of fused-ring (bicyclic) bond motifs is 1. The maximum Gasteiger partial charge on any atom is 0.190 e. The molecule has 2 aromatic carbocycles. The molecule has 0 spiro atoms. The highest BCUT2D eigenvalue weighted by Crippen LogP contribution is 2.21. The molecule has 0 fully saturated rings. The number of hydrogen-bond donors (Lipinski definition) is 1. The number of benzene rings is 2. The lowest BCUT2D eigenvalue weighted by Gasteiger charge is -2.07. The summed E-state index contributed by atoms with van der Waals surface area (Å²) in [7, 11) is 0. The molecule has 112 valence electrons. The second-order valence-corrected chi connectivity index (χ2v) is 5.39. The van der Waals surface area contributed by atoms with Gasteiger partial charge in [-0.15, -0.1) is 11.6 Å². The van der Waals surface area contributed by atoms with Gasteiger partial charge >= 0.3 is 0 Å². The van der Waals surface area contributed by atoms with Crippen LogP contribution >= 0.6 is 11.6 Å². The molecule has 0 saturated heterocycles. The number of para-hydroxylation sites is 1. The molecule has 4 heteroatoms. The van der Waals surface area contributed by atoms with Gasteiger partial charge in [-0.2, -0.15) is 0 Å². The molecule has 0 radical (unpaired) electrons. The zero-order valence-electron chi connectivity index (χ0n) is 12.0. The van der Waals surface area contributed by atoms with Gasteiger partial charge in [0, 0.05) is 28.5 Å². The summed E-state index contributed by atoms with van der Waals surface area (Å²) in [6.45, 7) is 0.607. The van der Waals surface area contributed by atoms with E-state index in [1.807, 2.05) is 48.5 Å². The van der Waals surface area contributed by atoms with Crippen molar-refractivity contribution in [2.45, 2.75) is 6.42 Å². The fraction of sp³-hybridized carbons (Fsp3) is 0.167. The topological polar surface area (TPSA) is 42.1 Å². The predicted molar refractivity (Wildman–Crippen MR) is 90.8 cm³/mol. The fourth-order valence-electron chi connectivity index (χ4n) is 2.33. The number of alkyl halides is 1. The molecule has 1 aromatic heterocycles. The molecule has 0 aliphatic rings. The number of aromatic nitrogens is 1. The lowest BCUT2D eigenvalue weighted by Crippen LogP contribution is -2.02. The van der Waals surface area contributed by atoms with Crippen LogP contribution in [0.5, 0.6) is 5.75 Å². The van der Waals surface area contributed by atoms with Crippen molar-refractivity contribution in [3.8, 4) is 17.0 Å². The Morgan fingerprint density at radius 3 is 2.59 bits per heavy atom. The largest absolute Gasteiger partial charge is 0.494 e. The van der Waals surface area contributed by atoms with Gasteiger partial charge in [-0.25, -0.2) is 0 Å². The Hall–Kier alpha value is -2.26. The summed E-state index contributed by atoms with van der Waals surface area (Å²) in [5.41, 5.74) is 2.61. The predicted octanol–water partition coefficient (Wildman–Crippen LogP) is 4.20. The summed E-state index contributed by atoms with van der Waals surface area (Å²) in [6, 6.07) is 16.8. The van der Waals surface area contributed by atoms with E-state index in [0.29, 0.717) is 17.9 Å². The van der Waals surface area contributed by atoms with Crippen molar-refractivity contribution in [1.82, 2.24) is 4.98 Å². The number of rotatable bonds is 5. The van der Waals surface area contributed by atoms with Gasteiger partial charge in [0.15, 0.2) is 5.43 Å². The molecule has 0 bridgehead atoms. The molecular formula is C18H16ClNO2. The molecule has 3 aromatic rings. The van der Waals surface area contributed by atoms with E-state index in [1.165, 1.54) is 0 Å². The number of hydrogen-bond acceptors (Lipinski definition) is 2. The van der Waals surface area contributed by atoms with E-state index in [4.69, 9.17) is 16.3 Å². The van der Waals surface area contributed by atoms with Crippen molar-refractivity contribution in [1.29, 1.82) is 0 Å². The molecule has 1 heterocycles.